The van der Waals surface area contributed by atoms with E-state index in [0.717, 1.165) is 22.2 Å². The Balaban J connectivity index is 1.72. The molecular weight excluding hydrogens is 382 g/mol. The molecule has 0 bridgehead atoms. The van der Waals surface area contributed by atoms with E-state index < -0.39 is 10.0 Å². The summed E-state index contributed by atoms with van der Waals surface area (Å²) in [6.07, 6.45) is 3.66. The Bertz CT molecular complexity index is 1310. The third-order valence-corrected chi connectivity index (χ3v) is 7.56. The highest BCUT2D eigenvalue weighted by atomic mass is 32.2. The van der Waals surface area contributed by atoms with E-state index in [1.807, 2.05) is 67.7 Å². The minimum atomic E-state index is -3.77. The largest absolute Gasteiger partial charge is 0.348 e. The lowest BCUT2D eigenvalue weighted by Gasteiger charge is -2.37. The predicted molar refractivity (Wildman–Crippen MR) is 113 cm³/mol. The molecule has 1 atom stereocenters. The maximum Gasteiger partial charge on any atom is 0.246 e. The van der Waals surface area contributed by atoms with Gasteiger partial charge in [0, 0.05) is 36.6 Å². The van der Waals surface area contributed by atoms with E-state index in [4.69, 9.17) is 0 Å². The topological polar surface area (TPSA) is 55.2 Å². The summed E-state index contributed by atoms with van der Waals surface area (Å²) in [5, 5.41) is 0.821. The first-order valence-corrected chi connectivity index (χ1v) is 11.1. The Kier molecular flexibility index (Phi) is 4.26. The lowest BCUT2D eigenvalue weighted by Crippen LogP contribution is -2.42. The fourth-order valence-corrected chi connectivity index (χ4v) is 5.98. The van der Waals surface area contributed by atoms with Crippen molar-refractivity contribution in [2.75, 3.05) is 6.54 Å². The number of aromatic nitrogens is 2. The van der Waals surface area contributed by atoms with E-state index in [9.17, 15) is 8.42 Å². The average Bonchev–Trinajstić information content (AvgIpc) is 3.22. The van der Waals surface area contributed by atoms with Crippen LogP contribution in [0.15, 0.2) is 84.0 Å². The molecule has 1 aliphatic rings. The zero-order valence-electron chi connectivity index (χ0n) is 16.1. The SMILES string of the molecule is Cc1ccccc1C1c2cccn2CCN1S(=O)(=O)c1cccc2cccnc12. The van der Waals surface area contributed by atoms with Crippen LogP contribution in [0.3, 0.4) is 0 Å². The number of rotatable bonds is 3. The first kappa shape index (κ1) is 18.1. The van der Waals surface area contributed by atoms with Crippen LogP contribution in [0.2, 0.25) is 0 Å². The molecule has 2 aromatic heterocycles. The summed E-state index contributed by atoms with van der Waals surface area (Å²) >= 11 is 0. The second-order valence-corrected chi connectivity index (χ2v) is 9.19. The lowest BCUT2D eigenvalue weighted by molar-refractivity contribution is 0.298. The zero-order valence-corrected chi connectivity index (χ0v) is 16.9. The van der Waals surface area contributed by atoms with Crippen LogP contribution in [0.4, 0.5) is 0 Å². The van der Waals surface area contributed by atoms with Crippen molar-refractivity contribution < 1.29 is 8.42 Å². The van der Waals surface area contributed by atoms with Crippen LogP contribution in [0.25, 0.3) is 10.9 Å². The Labute approximate surface area is 170 Å². The molecule has 0 radical (unpaired) electrons. The van der Waals surface area contributed by atoms with E-state index in [2.05, 4.69) is 9.55 Å². The highest BCUT2D eigenvalue weighted by molar-refractivity contribution is 7.89. The maximum atomic E-state index is 13.9. The van der Waals surface area contributed by atoms with Crippen molar-refractivity contribution in [1.82, 2.24) is 13.9 Å². The van der Waals surface area contributed by atoms with E-state index in [-0.39, 0.29) is 10.9 Å². The molecule has 3 heterocycles. The van der Waals surface area contributed by atoms with Gasteiger partial charge in [0.2, 0.25) is 10.0 Å². The third-order valence-electron chi connectivity index (χ3n) is 5.66. The Morgan fingerprint density at radius 2 is 1.76 bits per heavy atom. The van der Waals surface area contributed by atoms with Crippen molar-refractivity contribution in [1.29, 1.82) is 0 Å². The lowest BCUT2D eigenvalue weighted by atomic mass is 9.97. The summed E-state index contributed by atoms with van der Waals surface area (Å²) in [5.74, 6) is 0. The van der Waals surface area contributed by atoms with Crippen LogP contribution in [-0.4, -0.2) is 28.8 Å². The van der Waals surface area contributed by atoms with Gasteiger partial charge < -0.3 is 4.57 Å². The van der Waals surface area contributed by atoms with Gasteiger partial charge in [-0.05, 0) is 42.3 Å². The van der Waals surface area contributed by atoms with Gasteiger partial charge in [0.25, 0.3) is 0 Å². The van der Waals surface area contributed by atoms with E-state index in [1.54, 1.807) is 22.6 Å². The fourth-order valence-electron chi connectivity index (χ4n) is 4.24. The molecule has 0 fully saturated rings. The van der Waals surface area contributed by atoms with Gasteiger partial charge in [-0.1, -0.05) is 42.5 Å². The van der Waals surface area contributed by atoms with Crippen LogP contribution >= 0.6 is 0 Å². The molecule has 0 amide bonds. The molecule has 2 aromatic carbocycles. The second kappa shape index (κ2) is 6.83. The molecule has 5 nitrogen and oxygen atoms in total. The van der Waals surface area contributed by atoms with Crippen LogP contribution in [0.5, 0.6) is 0 Å². The number of aryl methyl sites for hydroxylation is 1. The first-order chi connectivity index (χ1) is 14.1. The molecular formula is C23H21N3O2S. The smallest absolute Gasteiger partial charge is 0.246 e. The van der Waals surface area contributed by atoms with Gasteiger partial charge in [0.15, 0.2) is 0 Å². The molecule has 1 aliphatic heterocycles. The molecule has 0 saturated carbocycles. The summed E-state index contributed by atoms with van der Waals surface area (Å²) in [7, 11) is -3.77. The Hall–Kier alpha value is -2.96. The summed E-state index contributed by atoms with van der Waals surface area (Å²) in [5.41, 5.74) is 3.58. The normalized spacial score (nSPS) is 17.3. The van der Waals surface area contributed by atoms with Crippen molar-refractivity contribution in [2.45, 2.75) is 24.4 Å². The summed E-state index contributed by atoms with van der Waals surface area (Å²) in [6, 6.07) is 20.7. The second-order valence-electron chi connectivity index (χ2n) is 7.33. The van der Waals surface area contributed by atoms with Crippen molar-refractivity contribution in [3.63, 3.8) is 0 Å². The van der Waals surface area contributed by atoms with Gasteiger partial charge in [-0.15, -0.1) is 0 Å². The van der Waals surface area contributed by atoms with Gasteiger partial charge in [0.05, 0.1) is 11.6 Å². The van der Waals surface area contributed by atoms with Gasteiger partial charge in [-0.3, -0.25) is 4.98 Å². The van der Waals surface area contributed by atoms with E-state index in [1.165, 1.54) is 0 Å². The molecule has 0 saturated heterocycles. The number of fused-ring (bicyclic) bond motifs is 2. The van der Waals surface area contributed by atoms with Gasteiger partial charge >= 0.3 is 0 Å². The molecule has 0 aliphatic carbocycles. The summed E-state index contributed by atoms with van der Waals surface area (Å²) in [4.78, 5) is 4.64. The molecule has 1 unspecified atom stereocenters. The number of para-hydroxylation sites is 1. The zero-order chi connectivity index (χ0) is 20.0. The molecule has 5 rings (SSSR count). The minimum Gasteiger partial charge on any atom is -0.348 e. The van der Waals surface area contributed by atoms with Gasteiger partial charge in [-0.2, -0.15) is 4.31 Å². The van der Waals surface area contributed by atoms with Crippen molar-refractivity contribution in [3.8, 4) is 0 Å². The highest BCUT2D eigenvalue weighted by Crippen LogP contribution is 2.38. The van der Waals surface area contributed by atoms with Crippen LogP contribution in [0.1, 0.15) is 22.9 Å². The number of nitrogens with zero attached hydrogens (tertiary/aromatic N) is 3. The first-order valence-electron chi connectivity index (χ1n) is 9.63. The Morgan fingerprint density at radius 3 is 2.62 bits per heavy atom. The van der Waals surface area contributed by atoms with Crippen LogP contribution in [0, 0.1) is 6.92 Å². The number of hydrogen-bond acceptors (Lipinski definition) is 3. The van der Waals surface area contributed by atoms with Crippen molar-refractivity contribution in [2.24, 2.45) is 0 Å². The highest BCUT2D eigenvalue weighted by Gasteiger charge is 2.38. The molecule has 6 heteroatoms. The van der Waals surface area contributed by atoms with Gasteiger partial charge in [0.1, 0.15) is 4.90 Å². The van der Waals surface area contributed by atoms with Crippen molar-refractivity contribution >= 4 is 20.9 Å². The molecule has 29 heavy (non-hydrogen) atoms. The minimum absolute atomic E-state index is 0.259. The number of pyridine rings is 1. The van der Waals surface area contributed by atoms with E-state index >= 15 is 0 Å². The molecule has 0 N–H and O–H groups in total. The average molecular weight is 404 g/mol. The number of sulfonamides is 1. The third kappa shape index (κ3) is 2.87. The molecule has 146 valence electrons. The summed E-state index contributed by atoms with van der Waals surface area (Å²) in [6.45, 7) is 3.07. The monoisotopic (exact) mass is 403 g/mol. The van der Waals surface area contributed by atoms with E-state index in [0.29, 0.717) is 18.6 Å². The number of benzene rings is 2. The molecule has 0 spiro atoms. The maximum absolute atomic E-state index is 13.9. The van der Waals surface area contributed by atoms with Crippen LogP contribution < -0.4 is 0 Å². The van der Waals surface area contributed by atoms with Gasteiger partial charge in [-0.25, -0.2) is 8.42 Å². The predicted octanol–water partition coefficient (Wildman–Crippen LogP) is 4.14. The van der Waals surface area contributed by atoms with Crippen molar-refractivity contribution in [3.05, 3.63) is 95.9 Å². The summed E-state index contributed by atoms with van der Waals surface area (Å²) < 4.78 is 31.6. The number of hydrogen-bond donors (Lipinski definition) is 0. The Morgan fingerprint density at radius 1 is 0.931 bits per heavy atom. The fraction of sp³-hybridized carbons (Fsp3) is 0.174. The quantitative estimate of drug-likeness (QED) is 0.517. The molecule has 4 aromatic rings. The van der Waals surface area contributed by atoms with Crippen LogP contribution in [-0.2, 0) is 16.6 Å². The standard InChI is InChI=1S/C23H21N3O2S/c1-17-7-2-3-10-19(17)23-20-11-6-14-25(20)15-16-26(23)29(27,28)21-12-4-8-18-9-5-13-24-22(18)21/h2-14,23H,15-16H2,1H3.